The summed E-state index contributed by atoms with van der Waals surface area (Å²) < 4.78 is 12.7. The van der Waals surface area contributed by atoms with Crippen molar-refractivity contribution in [3.05, 3.63) is 52.3 Å². The molecule has 0 bridgehead atoms. The average Bonchev–Trinajstić information content (AvgIpc) is 2.95. The minimum Gasteiger partial charge on any atom is -0.490 e. The lowest BCUT2D eigenvalue weighted by molar-refractivity contribution is -0.113. The third-order valence-corrected chi connectivity index (χ3v) is 5.58. The number of fused-ring (bicyclic) bond motifs is 2. The van der Waals surface area contributed by atoms with Crippen molar-refractivity contribution in [1.29, 1.82) is 0 Å². The maximum absolute atomic E-state index is 12.6. The smallest absolute Gasteiger partial charge is 0.261 e. The zero-order chi connectivity index (χ0) is 20.4. The second-order valence-corrected chi connectivity index (χ2v) is 7.77. The van der Waals surface area contributed by atoms with Gasteiger partial charge in [-0.3, -0.25) is 14.2 Å². The fourth-order valence-electron chi connectivity index (χ4n) is 3.06. The summed E-state index contributed by atoms with van der Waals surface area (Å²) in [6.45, 7) is 3.14. The highest BCUT2D eigenvalue weighted by Crippen LogP contribution is 2.32. The molecule has 8 heteroatoms. The van der Waals surface area contributed by atoms with E-state index in [1.165, 1.54) is 16.3 Å². The van der Waals surface area contributed by atoms with E-state index < -0.39 is 0 Å². The number of aromatic nitrogens is 2. The zero-order valence-electron chi connectivity index (χ0n) is 16.2. The lowest BCUT2D eigenvalue weighted by atomic mass is 10.2. The van der Waals surface area contributed by atoms with Crippen LogP contribution in [0.25, 0.3) is 10.9 Å². The van der Waals surface area contributed by atoms with Gasteiger partial charge in [0.2, 0.25) is 5.91 Å². The van der Waals surface area contributed by atoms with Gasteiger partial charge in [0.25, 0.3) is 5.56 Å². The van der Waals surface area contributed by atoms with E-state index in [0.29, 0.717) is 46.5 Å². The molecule has 4 rings (SSSR count). The number of rotatable bonds is 4. The van der Waals surface area contributed by atoms with Gasteiger partial charge in [-0.15, -0.1) is 0 Å². The molecule has 1 aliphatic rings. The number of nitrogens with zero attached hydrogens (tertiary/aromatic N) is 2. The molecule has 29 heavy (non-hydrogen) atoms. The van der Waals surface area contributed by atoms with Crippen molar-refractivity contribution in [1.82, 2.24) is 9.55 Å². The summed E-state index contributed by atoms with van der Waals surface area (Å²) in [5.41, 5.74) is 2.15. The van der Waals surface area contributed by atoms with Crippen LogP contribution in [0.5, 0.6) is 11.5 Å². The average molecular weight is 411 g/mol. The zero-order valence-corrected chi connectivity index (χ0v) is 17.0. The van der Waals surface area contributed by atoms with Crippen LogP contribution in [0.2, 0.25) is 0 Å². The number of nitrogens with one attached hydrogen (secondary N) is 1. The van der Waals surface area contributed by atoms with Gasteiger partial charge < -0.3 is 14.8 Å². The molecule has 3 aromatic rings. The van der Waals surface area contributed by atoms with Crippen LogP contribution in [0.3, 0.4) is 0 Å². The predicted octanol–water partition coefficient (Wildman–Crippen LogP) is 3.13. The molecular formula is C21H21N3O4S. The number of benzene rings is 2. The van der Waals surface area contributed by atoms with Gasteiger partial charge in [0.1, 0.15) is 0 Å². The first kappa shape index (κ1) is 19.3. The van der Waals surface area contributed by atoms with Crippen molar-refractivity contribution in [3.8, 4) is 11.5 Å². The van der Waals surface area contributed by atoms with Crippen molar-refractivity contribution < 1.29 is 14.3 Å². The van der Waals surface area contributed by atoms with Crippen LogP contribution in [0.4, 0.5) is 5.69 Å². The Morgan fingerprint density at radius 1 is 1.17 bits per heavy atom. The number of aryl methyl sites for hydroxylation is 1. The molecule has 150 valence electrons. The number of anilines is 1. The minimum atomic E-state index is -0.192. The first-order valence-corrected chi connectivity index (χ1v) is 10.3. The second-order valence-electron chi connectivity index (χ2n) is 6.83. The van der Waals surface area contributed by atoms with E-state index in [1.807, 2.05) is 25.1 Å². The summed E-state index contributed by atoms with van der Waals surface area (Å²) in [5.74, 6) is 1.25. The Hall–Kier alpha value is -3.00. The lowest BCUT2D eigenvalue weighted by Gasteiger charge is -2.11. The van der Waals surface area contributed by atoms with E-state index in [1.54, 1.807) is 25.2 Å². The highest BCUT2D eigenvalue weighted by molar-refractivity contribution is 7.99. The van der Waals surface area contributed by atoms with Crippen LogP contribution >= 0.6 is 11.8 Å². The summed E-state index contributed by atoms with van der Waals surface area (Å²) in [6.07, 6.45) is 0.823. The number of thioether (sulfide) groups is 1. The van der Waals surface area contributed by atoms with Gasteiger partial charge in [0, 0.05) is 25.2 Å². The van der Waals surface area contributed by atoms with Gasteiger partial charge >= 0.3 is 0 Å². The maximum Gasteiger partial charge on any atom is 0.261 e. The van der Waals surface area contributed by atoms with Gasteiger partial charge in [0.05, 0.1) is 29.9 Å². The molecule has 0 radical (unpaired) electrons. The van der Waals surface area contributed by atoms with Crippen molar-refractivity contribution in [2.24, 2.45) is 7.05 Å². The molecule has 2 aromatic carbocycles. The van der Waals surface area contributed by atoms with Crippen molar-refractivity contribution in [2.75, 3.05) is 24.3 Å². The molecule has 1 N–H and O–H groups in total. The van der Waals surface area contributed by atoms with Crippen molar-refractivity contribution in [2.45, 2.75) is 18.5 Å². The van der Waals surface area contributed by atoms with Crippen LogP contribution in [-0.2, 0) is 11.8 Å². The molecule has 0 atom stereocenters. The SMILES string of the molecule is Cc1ccc2nc(SCC(=O)Nc3ccc4c(c3)OCCCO4)n(C)c(=O)c2c1. The molecule has 0 aliphatic carbocycles. The number of carbonyl (C=O) groups excluding carboxylic acids is 1. The highest BCUT2D eigenvalue weighted by atomic mass is 32.2. The number of hydrogen-bond acceptors (Lipinski definition) is 6. The lowest BCUT2D eigenvalue weighted by Crippen LogP contribution is -2.21. The van der Waals surface area contributed by atoms with E-state index in [-0.39, 0.29) is 17.2 Å². The van der Waals surface area contributed by atoms with E-state index in [2.05, 4.69) is 10.3 Å². The van der Waals surface area contributed by atoms with E-state index in [0.717, 1.165) is 12.0 Å². The number of hydrogen-bond donors (Lipinski definition) is 1. The van der Waals surface area contributed by atoms with Gasteiger partial charge in [-0.05, 0) is 31.2 Å². The van der Waals surface area contributed by atoms with E-state index >= 15 is 0 Å². The molecule has 1 amide bonds. The van der Waals surface area contributed by atoms with Gasteiger partial charge in [-0.25, -0.2) is 4.98 Å². The Morgan fingerprint density at radius 2 is 1.97 bits per heavy atom. The number of amides is 1. The van der Waals surface area contributed by atoms with Crippen LogP contribution in [0.15, 0.2) is 46.3 Å². The summed E-state index contributed by atoms with van der Waals surface area (Å²) in [5, 5.41) is 3.93. The topological polar surface area (TPSA) is 82.4 Å². The van der Waals surface area contributed by atoms with Crippen LogP contribution < -0.4 is 20.3 Å². The molecule has 0 saturated heterocycles. The first-order chi connectivity index (χ1) is 14.0. The normalized spacial score (nSPS) is 13.2. The number of carbonyl (C=O) groups is 1. The standard InChI is InChI=1S/C21H21N3O4S/c1-13-4-6-16-15(10-13)20(26)24(2)21(23-16)29-12-19(25)22-14-5-7-17-18(11-14)28-9-3-8-27-17/h4-7,10-11H,3,8-9,12H2,1-2H3,(H,22,25). The summed E-state index contributed by atoms with van der Waals surface area (Å²) in [7, 11) is 1.67. The first-order valence-electron chi connectivity index (χ1n) is 9.31. The molecule has 1 aromatic heterocycles. The summed E-state index contributed by atoms with van der Waals surface area (Å²) >= 11 is 1.22. The van der Waals surface area contributed by atoms with Crippen molar-refractivity contribution in [3.63, 3.8) is 0 Å². The second kappa shape index (κ2) is 8.16. The van der Waals surface area contributed by atoms with E-state index in [4.69, 9.17) is 9.47 Å². The molecule has 1 aliphatic heterocycles. The molecular weight excluding hydrogens is 390 g/mol. The fourth-order valence-corrected chi connectivity index (χ4v) is 3.83. The van der Waals surface area contributed by atoms with Crippen molar-refractivity contribution >= 4 is 34.3 Å². The molecule has 2 heterocycles. The minimum absolute atomic E-state index is 0.121. The number of ether oxygens (including phenoxy) is 2. The Kier molecular flexibility index (Phi) is 5.44. The Morgan fingerprint density at radius 3 is 2.79 bits per heavy atom. The molecule has 0 unspecified atom stereocenters. The van der Waals surface area contributed by atoms with Gasteiger partial charge in [-0.2, -0.15) is 0 Å². The van der Waals surface area contributed by atoms with Crippen LogP contribution in [0.1, 0.15) is 12.0 Å². The third kappa shape index (κ3) is 4.22. The maximum atomic E-state index is 12.6. The monoisotopic (exact) mass is 411 g/mol. The molecule has 0 fully saturated rings. The molecule has 0 spiro atoms. The highest BCUT2D eigenvalue weighted by Gasteiger charge is 2.14. The largest absolute Gasteiger partial charge is 0.490 e. The van der Waals surface area contributed by atoms with Crippen LogP contribution in [-0.4, -0.2) is 34.4 Å². The Bertz CT molecular complexity index is 1140. The summed E-state index contributed by atoms with van der Waals surface area (Å²) in [6, 6.07) is 10.9. The Labute approximate surface area is 172 Å². The molecule has 0 saturated carbocycles. The van der Waals surface area contributed by atoms with Crippen LogP contribution in [0, 0.1) is 6.92 Å². The predicted molar refractivity (Wildman–Crippen MR) is 113 cm³/mol. The molecule has 7 nitrogen and oxygen atoms in total. The third-order valence-electron chi connectivity index (χ3n) is 4.55. The van der Waals surface area contributed by atoms with Gasteiger partial charge in [-0.1, -0.05) is 23.4 Å². The Balaban J connectivity index is 1.46. The fraction of sp³-hybridized carbons (Fsp3) is 0.286. The van der Waals surface area contributed by atoms with Gasteiger partial charge in [0.15, 0.2) is 16.7 Å². The summed E-state index contributed by atoms with van der Waals surface area (Å²) in [4.78, 5) is 29.5. The van der Waals surface area contributed by atoms with E-state index in [9.17, 15) is 9.59 Å². The quantitative estimate of drug-likeness (QED) is 0.525.